The minimum atomic E-state index is -1.22. The fraction of sp³-hybridized carbons (Fsp3) is 0.267. The van der Waals surface area contributed by atoms with Gasteiger partial charge in [0, 0.05) is 0 Å². The van der Waals surface area contributed by atoms with Crippen molar-refractivity contribution in [1.29, 1.82) is 0 Å². The molecule has 0 radical (unpaired) electrons. The van der Waals surface area contributed by atoms with Gasteiger partial charge in [-0.15, -0.1) is 0 Å². The molecule has 2 rings (SSSR count). The molecule has 0 atom stereocenters. The Labute approximate surface area is 131 Å². The lowest BCUT2D eigenvalue weighted by Crippen LogP contribution is -2.33. The van der Waals surface area contributed by atoms with E-state index in [4.69, 9.17) is 9.84 Å². The number of carbonyl (C=O) groups is 3. The SMILES string of the molecule is COc1ccc(C=C2SC(=O)N(CC(=O)O)C2=O)c(C)c1C. The van der Waals surface area contributed by atoms with E-state index in [0.717, 1.165) is 39.1 Å². The smallest absolute Gasteiger partial charge is 0.323 e. The quantitative estimate of drug-likeness (QED) is 0.858. The molecule has 1 saturated heterocycles. The molecule has 0 aromatic heterocycles. The molecule has 1 aromatic carbocycles. The van der Waals surface area contributed by atoms with E-state index in [2.05, 4.69) is 0 Å². The van der Waals surface area contributed by atoms with Crippen LogP contribution in [0, 0.1) is 13.8 Å². The highest BCUT2D eigenvalue weighted by atomic mass is 32.2. The van der Waals surface area contributed by atoms with Crippen molar-refractivity contribution >= 4 is 35.0 Å². The van der Waals surface area contributed by atoms with Crippen molar-refractivity contribution in [1.82, 2.24) is 4.90 Å². The standard InChI is InChI=1S/C15H15NO5S/c1-8-9(2)11(21-3)5-4-10(8)6-12-14(19)16(7-13(17)18)15(20)22-12/h4-6H,7H2,1-3H3,(H,17,18). The number of aliphatic carboxylic acids is 1. The molecule has 1 N–H and O–H groups in total. The normalized spacial score (nSPS) is 16.5. The van der Waals surface area contributed by atoms with E-state index in [1.165, 1.54) is 0 Å². The van der Waals surface area contributed by atoms with Gasteiger partial charge in [-0.1, -0.05) is 6.07 Å². The topological polar surface area (TPSA) is 83.9 Å². The Morgan fingerprint density at radius 2 is 2.00 bits per heavy atom. The molecule has 1 heterocycles. The van der Waals surface area contributed by atoms with Crippen molar-refractivity contribution < 1.29 is 24.2 Å². The third-order valence-electron chi connectivity index (χ3n) is 3.45. The van der Waals surface area contributed by atoms with E-state index >= 15 is 0 Å². The molecule has 0 bridgehead atoms. The zero-order valence-corrected chi connectivity index (χ0v) is 13.2. The summed E-state index contributed by atoms with van der Waals surface area (Å²) >= 11 is 0.747. The van der Waals surface area contributed by atoms with Gasteiger partial charge in [0.25, 0.3) is 11.1 Å². The van der Waals surface area contributed by atoms with Gasteiger partial charge < -0.3 is 9.84 Å². The van der Waals surface area contributed by atoms with Crippen LogP contribution in [0.1, 0.15) is 16.7 Å². The number of amides is 2. The zero-order valence-electron chi connectivity index (χ0n) is 12.4. The van der Waals surface area contributed by atoms with Crippen molar-refractivity contribution in [3.63, 3.8) is 0 Å². The van der Waals surface area contributed by atoms with Gasteiger partial charge in [0.1, 0.15) is 12.3 Å². The van der Waals surface area contributed by atoms with Crippen LogP contribution in [0.3, 0.4) is 0 Å². The summed E-state index contributed by atoms with van der Waals surface area (Å²) in [5.41, 5.74) is 2.67. The Kier molecular flexibility index (Phi) is 4.56. The zero-order chi connectivity index (χ0) is 16.4. The fourth-order valence-electron chi connectivity index (χ4n) is 2.11. The molecule has 1 fully saturated rings. The monoisotopic (exact) mass is 321 g/mol. The molecule has 0 saturated carbocycles. The number of carboxylic acid groups (broad SMARTS) is 1. The van der Waals surface area contributed by atoms with Crippen molar-refractivity contribution in [3.8, 4) is 5.75 Å². The minimum absolute atomic E-state index is 0.221. The first-order valence-electron chi connectivity index (χ1n) is 6.46. The Bertz CT molecular complexity index is 695. The lowest BCUT2D eigenvalue weighted by molar-refractivity contribution is -0.140. The average molecular weight is 321 g/mol. The van der Waals surface area contributed by atoms with Crippen LogP contribution >= 0.6 is 11.8 Å². The van der Waals surface area contributed by atoms with Gasteiger partial charge in [-0.2, -0.15) is 0 Å². The number of hydrogen-bond donors (Lipinski definition) is 1. The third kappa shape index (κ3) is 2.99. The molecule has 1 aromatic rings. The number of rotatable bonds is 4. The van der Waals surface area contributed by atoms with E-state index in [1.54, 1.807) is 25.3 Å². The molecule has 0 unspecified atom stereocenters. The molecule has 0 spiro atoms. The van der Waals surface area contributed by atoms with Crippen LogP contribution in [-0.2, 0) is 9.59 Å². The molecule has 6 nitrogen and oxygen atoms in total. The van der Waals surface area contributed by atoms with Crippen LogP contribution in [0.15, 0.2) is 17.0 Å². The second kappa shape index (κ2) is 6.23. The number of thioether (sulfide) groups is 1. The van der Waals surface area contributed by atoms with Gasteiger partial charge in [0.15, 0.2) is 0 Å². The average Bonchev–Trinajstić information content (AvgIpc) is 2.71. The molecule has 2 amide bonds. The third-order valence-corrected chi connectivity index (χ3v) is 4.36. The fourth-order valence-corrected chi connectivity index (χ4v) is 2.94. The summed E-state index contributed by atoms with van der Waals surface area (Å²) in [7, 11) is 1.58. The summed E-state index contributed by atoms with van der Waals surface area (Å²) in [6, 6.07) is 3.59. The summed E-state index contributed by atoms with van der Waals surface area (Å²) < 4.78 is 5.23. The van der Waals surface area contributed by atoms with Gasteiger partial charge >= 0.3 is 5.97 Å². The summed E-state index contributed by atoms with van der Waals surface area (Å²) in [6.45, 7) is 3.18. The van der Waals surface area contributed by atoms with E-state index in [1.807, 2.05) is 13.8 Å². The minimum Gasteiger partial charge on any atom is -0.496 e. The summed E-state index contributed by atoms with van der Waals surface area (Å²) in [5, 5.41) is 8.17. The van der Waals surface area contributed by atoms with Gasteiger partial charge in [-0.05, 0) is 54.4 Å². The molecule has 0 aliphatic carbocycles. The summed E-state index contributed by atoms with van der Waals surface area (Å²) in [6.07, 6.45) is 1.61. The van der Waals surface area contributed by atoms with E-state index in [-0.39, 0.29) is 4.91 Å². The van der Waals surface area contributed by atoms with Crippen molar-refractivity contribution in [2.75, 3.05) is 13.7 Å². The molecule has 1 aliphatic heterocycles. The van der Waals surface area contributed by atoms with Gasteiger partial charge in [0.2, 0.25) is 0 Å². The van der Waals surface area contributed by atoms with Crippen molar-refractivity contribution in [3.05, 3.63) is 33.7 Å². The summed E-state index contributed by atoms with van der Waals surface area (Å²) in [5.74, 6) is -1.06. The Morgan fingerprint density at radius 3 is 2.59 bits per heavy atom. The van der Waals surface area contributed by atoms with Crippen LogP contribution < -0.4 is 4.74 Å². The molecular weight excluding hydrogens is 306 g/mol. The number of nitrogens with zero attached hydrogens (tertiary/aromatic N) is 1. The van der Waals surface area contributed by atoms with Crippen molar-refractivity contribution in [2.24, 2.45) is 0 Å². The maximum absolute atomic E-state index is 12.1. The highest BCUT2D eigenvalue weighted by molar-refractivity contribution is 8.18. The Morgan fingerprint density at radius 1 is 1.32 bits per heavy atom. The number of ether oxygens (including phenoxy) is 1. The molecule has 116 valence electrons. The number of methoxy groups -OCH3 is 1. The number of hydrogen-bond acceptors (Lipinski definition) is 5. The second-order valence-corrected chi connectivity index (χ2v) is 5.76. The van der Waals surface area contributed by atoms with E-state index in [9.17, 15) is 14.4 Å². The molecule has 22 heavy (non-hydrogen) atoms. The Balaban J connectivity index is 2.35. The van der Waals surface area contributed by atoms with E-state index in [0.29, 0.717) is 0 Å². The number of carbonyl (C=O) groups excluding carboxylic acids is 2. The van der Waals surface area contributed by atoms with E-state index < -0.39 is 23.7 Å². The maximum atomic E-state index is 12.1. The van der Waals surface area contributed by atoms with Gasteiger partial charge in [0.05, 0.1) is 12.0 Å². The van der Waals surface area contributed by atoms with Crippen LogP contribution in [0.4, 0.5) is 4.79 Å². The highest BCUT2D eigenvalue weighted by Crippen LogP contribution is 2.33. The highest BCUT2D eigenvalue weighted by Gasteiger charge is 2.36. The van der Waals surface area contributed by atoms with Crippen molar-refractivity contribution in [2.45, 2.75) is 13.8 Å². The van der Waals surface area contributed by atoms with Crippen LogP contribution in [0.5, 0.6) is 5.75 Å². The number of carboxylic acids is 1. The van der Waals surface area contributed by atoms with Crippen LogP contribution in [-0.4, -0.2) is 40.8 Å². The maximum Gasteiger partial charge on any atom is 0.323 e. The molecule has 1 aliphatic rings. The van der Waals surface area contributed by atoms with Gasteiger partial charge in [-0.25, -0.2) is 0 Å². The number of imide groups is 1. The molecular formula is C15H15NO5S. The van der Waals surface area contributed by atoms with Crippen LogP contribution in [0.25, 0.3) is 6.08 Å². The number of benzene rings is 1. The Hall–Kier alpha value is -2.28. The first kappa shape index (κ1) is 16.1. The predicted molar refractivity (Wildman–Crippen MR) is 82.8 cm³/mol. The predicted octanol–water partition coefficient (Wildman–Crippen LogP) is 2.43. The second-order valence-electron chi connectivity index (χ2n) is 4.77. The first-order chi connectivity index (χ1) is 10.3. The lowest BCUT2D eigenvalue weighted by atomic mass is 10.0. The lowest BCUT2D eigenvalue weighted by Gasteiger charge is -2.10. The van der Waals surface area contributed by atoms with Crippen LogP contribution in [0.2, 0.25) is 0 Å². The first-order valence-corrected chi connectivity index (χ1v) is 7.28. The largest absolute Gasteiger partial charge is 0.496 e. The molecule has 7 heteroatoms. The summed E-state index contributed by atoms with van der Waals surface area (Å²) in [4.78, 5) is 35.5. The van der Waals surface area contributed by atoms with Gasteiger partial charge in [-0.3, -0.25) is 19.3 Å².